The number of hydrogen-bond acceptors (Lipinski definition) is 6. The van der Waals surface area contributed by atoms with Gasteiger partial charge in [0, 0.05) is 12.8 Å². The third-order valence-corrected chi connectivity index (χ3v) is 6.04. The Kier molecular flexibility index (Phi) is 11.4. The Morgan fingerprint density at radius 1 is 0.634 bits per heavy atom. The van der Waals surface area contributed by atoms with Crippen LogP contribution in [0.3, 0.4) is 0 Å². The molecule has 0 saturated carbocycles. The first-order valence-corrected chi connectivity index (χ1v) is 12.9. The van der Waals surface area contributed by atoms with Gasteiger partial charge in [0.05, 0.1) is 6.42 Å². The fourth-order valence-electron chi connectivity index (χ4n) is 3.97. The highest BCUT2D eigenvalue weighted by atomic mass is 16.5. The summed E-state index contributed by atoms with van der Waals surface area (Å²) in [5.74, 6) is -3.74. The molecular formula is C30H32N4O7. The zero-order valence-corrected chi connectivity index (χ0v) is 22.2. The molecule has 0 aliphatic heterocycles. The maximum absolute atomic E-state index is 13.3. The van der Waals surface area contributed by atoms with Crippen molar-refractivity contribution in [2.45, 2.75) is 44.0 Å². The van der Waals surface area contributed by atoms with Crippen molar-refractivity contribution in [3.63, 3.8) is 0 Å². The van der Waals surface area contributed by atoms with Crippen molar-refractivity contribution >= 4 is 29.8 Å². The number of rotatable bonds is 14. The largest absolute Gasteiger partial charge is 0.480 e. The normalized spacial score (nSPS) is 12.7. The van der Waals surface area contributed by atoms with E-state index in [9.17, 15) is 29.1 Å². The van der Waals surface area contributed by atoms with Gasteiger partial charge in [-0.1, -0.05) is 91.0 Å². The van der Waals surface area contributed by atoms with E-state index in [1.165, 1.54) is 0 Å². The van der Waals surface area contributed by atoms with E-state index >= 15 is 0 Å². The molecule has 0 radical (unpaired) electrons. The van der Waals surface area contributed by atoms with Crippen LogP contribution in [0.15, 0.2) is 91.0 Å². The zero-order valence-electron chi connectivity index (χ0n) is 22.2. The van der Waals surface area contributed by atoms with Crippen LogP contribution in [0.1, 0.15) is 23.1 Å². The molecule has 4 amide bonds. The predicted octanol–water partition coefficient (Wildman–Crippen LogP) is 1.70. The van der Waals surface area contributed by atoms with Crippen LogP contribution in [0.4, 0.5) is 4.79 Å². The van der Waals surface area contributed by atoms with Crippen LogP contribution in [0.25, 0.3) is 0 Å². The van der Waals surface area contributed by atoms with E-state index in [4.69, 9.17) is 10.5 Å². The molecule has 0 aliphatic rings. The second-order valence-electron chi connectivity index (χ2n) is 9.27. The molecule has 3 rings (SSSR count). The van der Waals surface area contributed by atoms with Crippen molar-refractivity contribution in [1.82, 2.24) is 16.0 Å². The molecule has 0 fully saturated rings. The van der Waals surface area contributed by atoms with Crippen molar-refractivity contribution in [2.24, 2.45) is 5.73 Å². The fraction of sp³-hybridized carbons (Fsp3) is 0.233. The Hall–Kier alpha value is -5.19. The number of carboxylic acids is 1. The highest BCUT2D eigenvalue weighted by Crippen LogP contribution is 2.08. The van der Waals surface area contributed by atoms with Crippen molar-refractivity contribution in [2.75, 3.05) is 0 Å². The molecule has 0 aromatic heterocycles. The number of nitrogens with two attached hydrogens (primary N) is 1. The first-order valence-electron chi connectivity index (χ1n) is 12.9. The quantitative estimate of drug-likeness (QED) is 0.199. The molecule has 0 bridgehead atoms. The average molecular weight is 561 g/mol. The first kappa shape index (κ1) is 30.4. The minimum absolute atomic E-state index is 0.0117. The van der Waals surface area contributed by atoms with E-state index in [2.05, 4.69) is 16.0 Å². The summed E-state index contributed by atoms with van der Waals surface area (Å²) in [6.07, 6.45) is -1.49. The highest BCUT2D eigenvalue weighted by molar-refractivity contribution is 5.95. The van der Waals surface area contributed by atoms with Crippen molar-refractivity contribution < 1.29 is 33.8 Å². The topological polar surface area (TPSA) is 177 Å². The Morgan fingerprint density at radius 3 is 1.56 bits per heavy atom. The summed E-state index contributed by atoms with van der Waals surface area (Å²) >= 11 is 0. The molecule has 3 aromatic carbocycles. The minimum Gasteiger partial charge on any atom is -0.480 e. The van der Waals surface area contributed by atoms with E-state index in [0.29, 0.717) is 16.7 Å². The van der Waals surface area contributed by atoms with Crippen molar-refractivity contribution in [1.29, 1.82) is 0 Å². The number of carbonyl (C=O) groups is 5. The number of amides is 4. The molecule has 3 atom stereocenters. The number of ether oxygens (including phenoxy) is 1. The van der Waals surface area contributed by atoms with Crippen LogP contribution in [0.2, 0.25) is 0 Å². The van der Waals surface area contributed by atoms with Gasteiger partial charge in [-0.05, 0) is 16.7 Å². The predicted molar refractivity (Wildman–Crippen MR) is 149 cm³/mol. The van der Waals surface area contributed by atoms with E-state index in [-0.39, 0.29) is 19.4 Å². The molecule has 3 aromatic rings. The van der Waals surface area contributed by atoms with E-state index in [1.807, 2.05) is 0 Å². The van der Waals surface area contributed by atoms with Gasteiger partial charge in [-0.15, -0.1) is 0 Å². The maximum Gasteiger partial charge on any atom is 0.408 e. The number of alkyl carbamates (subject to hydrolysis) is 1. The molecule has 214 valence electrons. The van der Waals surface area contributed by atoms with Gasteiger partial charge >= 0.3 is 12.1 Å². The summed E-state index contributed by atoms with van der Waals surface area (Å²) in [6, 6.07) is 22.4. The van der Waals surface area contributed by atoms with Crippen LogP contribution >= 0.6 is 0 Å². The molecule has 6 N–H and O–H groups in total. The van der Waals surface area contributed by atoms with Gasteiger partial charge < -0.3 is 31.5 Å². The number of carboxylic acid groups (broad SMARTS) is 1. The zero-order chi connectivity index (χ0) is 29.6. The Labute approximate surface area is 237 Å². The Bertz CT molecular complexity index is 1320. The SMILES string of the molecule is NC(=O)CC(NC(=O)OCc1ccccc1)C(=O)NC(Cc1ccccc1)C(=O)NC(Cc1ccccc1)C(=O)O. The van der Waals surface area contributed by atoms with Gasteiger partial charge in [-0.25, -0.2) is 9.59 Å². The van der Waals surface area contributed by atoms with Gasteiger partial charge in [0.1, 0.15) is 24.7 Å². The van der Waals surface area contributed by atoms with Gasteiger partial charge in [0.25, 0.3) is 0 Å². The number of carbonyl (C=O) groups excluding carboxylic acids is 4. The summed E-state index contributed by atoms with van der Waals surface area (Å²) in [5, 5.41) is 17.1. The molecule has 0 saturated heterocycles. The van der Waals surface area contributed by atoms with Crippen LogP contribution in [-0.2, 0) is 43.4 Å². The molecular weight excluding hydrogens is 528 g/mol. The number of primary amides is 1. The molecule has 0 aliphatic carbocycles. The lowest BCUT2D eigenvalue weighted by molar-refractivity contribution is -0.142. The van der Waals surface area contributed by atoms with Crippen LogP contribution in [0.5, 0.6) is 0 Å². The summed E-state index contributed by atoms with van der Waals surface area (Å²) in [4.78, 5) is 62.6. The van der Waals surface area contributed by atoms with Crippen molar-refractivity contribution in [3.05, 3.63) is 108 Å². The lowest BCUT2D eigenvalue weighted by Gasteiger charge is -2.24. The van der Waals surface area contributed by atoms with Crippen LogP contribution in [-0.4, -0.2) is 53.0 Å². The molecule has 11 heteroatoms. The molecule has 0 heterocycles. The van der Waals surface area contributed by atoms with Gasteiger partial charge in [0.15, 0.2) is 0 Å². The Balaban J connectivity index is 1.73. The molecule has 41 heavy (non-hydrogen) atoms. The summed E-state index contributed by atoms with van der Waals surface area (Å²) in [6.45, 7) is -0.0748. The van der Waals surface area contributed by atoms with Gasteiger partial charge in [-0.2, -0.15) is 0 Å². The molecule has 3 unspecified atom stereocenters. The lowest BCUT2D eigenvalue weighted by atomic mass is 10.0. The second-order valence-corrected chi connectivity index (χ2v) is 9.27. The van der Waals surface area contributed by atoms with Gasteiger partial charge in [0.2, 0.25) is 17.7 Å². The van der Waals surface area contributed by atoms with Crippen LogP contribution in [0, 0.1) is 0 Å². The molecule has 11 nitrogen and oxygen atoms in total. The van der Waals surface area contributed by atoms with Crippen LogP contribution < -0.4 is 21.7 Å². The monoisotopic (exact) mass is 560 g/mol. The highest BCUT2D eigenvalue weighted by Gasteiger charge is 2.31. The standard InChI is InChI=1S/C30H32N4O7/c31-26(35)18-24(34-30(40)41-19-22-14-8-3-9-15-22)28(37)32-23(16-20-10-4-1-5-11-20)27(36)33-25(29(38)39)17-21-12-6-2-7-13-21/h1-15,23-25H,16-19H2,(H2,31,35)(H,32,37)(H,33,36)(H,34,40)(H,38,39). The number of hydrogen-bond donors (Lipinski definition) is 5. The third kappa shape index (κ3) is 10.5. The van der Waals surface area contributed by atoms with E-state index in [0.717, 1.165) is 0 Å². The lowest BCUT2D eigenvalue weighted by Crippen LogP contribution is -2.57. The number of benzene rings is 3. The van der Waals surface area contributed by atoms with Gasteiger partial charge in [-0.3, -0.25) is 14.4 Å². The second kappa shape index (κ2) is 15.4. The number of nitrogens with one attached hydrogen (secondary N) is 3. The van der Waals surface area contributed by atoms with E-state index < -0.39 is 54.3 Å². The molecule has 0 spiro atoms. The fourth-order valence-corrected chi connectivity index (χ4v) is 3.97. The Morgan fingerprint density at radius 2 is 1.07 bits per heavy atom. The van der Waals surface area contributed by atoms with E-state index in [1.54, 1.807) is 91.0 Å². The number of aliphatic carboxylic acids is 1. The smallest absolute Gasteiger partial charge is 0.408 e. The summed E-state index contributed by atoms with van der Waals surface area (Å²) < 4.78 is 5.15. The van der Waals surface area contributed by atoms with Crippen molar-refractivity contribution in [3.8, 4) is 0 Å². The maximum atomic E-state index is 13.3. The summed E-state index contributed by atoms with van der Waals surface area (Å²) in [5.41, 5.74) is 7.40. The first-order chi connectivity index (χ1) is 19.7. The summed E-state index contributed by atoms with van der Waals surface area (Å²) in [7, 11) is 0. The minimum atomic E-state index is -1.44. The average Bonchev–Trinajstić information content (AvgIpc) is 2.96. The third-order valence-electron chi connectivity index (χ3n) is 6.04.